The Morgan fingerprint density at radius 3 is 2.52 bits per heavy atom. The first kappa shape index (κ1) is 18.1. The molecule has 1 aliphatic heterocycles. The van der Waals surface area contributed by atoms with Crippen LogP contribution in [0.3, 0.4) is 0 Å². The maximum absolute atomic E-state index is 12.7. The summed E-state index contributed by atoms with van der Waals surface area (Å²) in [4.78, 5) is 17.5. The van der Waals surface area contributed by atoms with E-state index >= 15 is 0 Å². The fourth-order valence-corrected chi connectivity index (χ4v) is 4.17. The number of rotatable bonds is 4. The Balaban J connectivity index is 1.43. The van der Waals surface area contributed by atoms with Crippen LogP contribution in [0.1, 0.15) is 39.9 Å². The summed E-state index contributed by atoms with van der Waals surface area (Å²) >= 11 is 0. The molecule has 1 amide bonds. The van der Waals surface area contributed by atoms with Crippen LogP contribution in [0.15, 0.2) is 42.5 Å². The molecule has 0 spiro atoms. The van der Waals surface area contributed by atoms with Gasteiger partial charge in [-0.05, 0) is 67.6 Å². The number of piperazine rings is 1. The fraction of sp³-hybridized carbons (Fsp3) is 0.435. The van der Waals surface area contributed by atoms with Crippen LogP contribution in [0.5, 0.6) is 0 Å². The van der Waals surface area contributed by atoms with Crippen LogP contribution in [0.4, 0.5) is 5.69 Å². The van der Waals surface area contributed by atoms with Crippen LogP contribution >= 0.6 is 0 Å². The van der Waals surface area contributed by atoms with Crippen molar-refractivity contribution in [3.05, 3.63) is 64.7 Å². The van der Waals surface area contributed by atoms with Crippen LogP contribution in [-0.2, 0) is 19.4 Å². The number of likely N-dealkylation sites (N-methyl/N-ethyl adjacent to an activating group) is 1. The summed E-state index contributed by atoms with van der Waals surface area (Å²) in [5.74, 6) is 0.0246. The van der Waals surface area contributed by atoms with Gasteiger partial charge >= 0.3 is 0 Å². The lowest BCUT2D eigenvalue weighted by atomic mass is 9.90. The summed E-state index contributed by atoms with van der Waals surface area (Å²) in [6.45, 7) is 4.79. The predicted molar refractivity (Wildman–Crippen MR) is 110 cm³/mol. The smallest absolute Gasteiger partial charge is 0.251 e. The molecule has 27 heavy (non-hydrogen) atoms. The minimum atomic E-state index is 0.0246. The van der Waals surface area contributed by atoms with Gasteiger partial charge in [0.15, 0.2) is 0 Å². The molecule has 1 aliphatic carbocycles. The molecule has 0 radical (unpaired) electrons. The van der Waals surface area contributed by atoms with Gasteiger partial charge in [0.25, 0.3) is 5.91 Å². The first-order valence-corrected chi connectivity index (χ1v) is 10.1. The number of hydrogen-bond donors (Lipinski definition) is 1. The van der Waals surface area contributed by atoms with Crippen molar-refractivity contribution in [1.82, 2.24) is 10.2 Å². The van der Waals surface area contributed by atoms with E-state index in [1.165, 1.54) is 35.2 Å². The number of hydrogen-bond acceptors (Lipinski definition) is 3. The number of para-hydroxylation sites is 1. The summed E-state index contributed by atoms with van der Waals surface area (Å²) in [7, 11) is 2.17. The molecule has 4 heteroatoms. The van der Waals surface area contributed by atoms with Gasteiger partial charge in [0.2, 0.25) is 0 Å². The molecule has 4 rings (SSSR count). The minimum absolute atomic E-state index is 0.0246. The van der Waals surface area contributed by atoms with Gasteiger partial charge < -0.3 is 15.1 Å². The van der Waals surface area contributed by atoms with E-state index in [-0.39, 0.29) is 5.91 Å². The zero-order valence-electron chi connectivity index (χ0n) is 16.2. The number of nitrogens with one attached hydrogen (secondary N) is 1. The Kier molecular flexibility index (Phi) is 5.44. The highest BCUT2D eigenvalue weighted by atomic mass is 16.1. The summed E-state index contributed by atoms with van der Waals surface area (Å²) in [5.41, 5.74) is 5.99. The molecule has 2 aromatic carbocycles. The third kappa shape index (κ3) is 4.16. The van der Waals surface area contributed by atoms with Crippen LogP contribution in [0.2, 0.25) is 0 Å². The molecule has 1 heterocycles. The number of anilines is 1. The van der Waals surface area contributed by atoms with E-state index in [0.717, 1.165) is 44.6 Å². The van der Waals surface area contributed by atoms with Gasteiger partial charge in [-0.2, -0.15) is 0 Å². The number of fused-ring (bicyclic) bond motifs is 1. The standard InChI is InChI=1S/C23H29N3O/c1-25-12-14-26(15-13-25)22-9-5-4-8-21(22)17-24-23(27)20-11-10-18-6-2-3-7-19(18)16-20/h4-5,8-11,16H,2-3,6-7,12-15,17H2,1H3,(H,24,27). The topological polar surface area (TPSA) is 35.6 Å². The van der Waals surface area contributed by atoms with Crippen molar-refractivity contribution in [3.8, 4) is 0 Å². The highest BCUT2D eigenvalue weighted by Crippen LogP contribution is 2.23. The van der Waals surface area contributed by atoms with Crippen molar-refractivity contribution in [2.24, 2.45) is 0 Å². The van der Waals surface area contributed by atoms with Crippen LogP contribution in [-0.4, -0.2) is 44.0 Å². The largest absolute Gasteiger partial charge is 0.369 e. The zero-order valence-corrected chi connectivity index (χ0v) is 16.2. The SMILES string of the molecule is CN1CCN(c2ccccc2CNC(=O)c2ccc3c(c2)CCCC3)CC1. The third-order valence-electron chi connectivity index (χ3n) is 5.89. The molecule has 0 aromatic heterocycles. The molecule has 0 atom stereocenters. The van der Waals surface area contributed by atoms with Gasteiger partial charge in [-0.15, -0.1) is 0 Å². The summed E-state index contributed by atoms with van der Waals surface area (Å²) in [6, 6.07) is 14.7. The Morgan fingerprint density at radius 2 is 1.70 bits per heavy atom. The quantitative estimate of drug-likeness (QED) is 0.906. The zero-order chi connectivity index (χ0) is 18.6. The second-order valence-corrected chi connectivity index (χ2v) is 7.79. The monoisotopic (exact) mass is 363 g/mol. The first-order chi connectivity index (χ1) is 13.2. The number of amides is 1. The van der Waals surface area contributed by atoms with E-state index in [1.807, 2.05) is 6.07 Å². The van der Waals surface area contributed by atoms with Crippen molar-refractivity contribution in [1.29, 1.82) is 0 Å². The Bertz CT molecular complexity index is 809. The Labute approximate surface area is 162 Å². The lowest BCUT2D eigenvalue weighted by molar-refractivity contribution is 0.0951. The second kappa shape index (κ2) is 8.13. The number of carbonyl (C=O) groups excluding carboxylic acids is 1. The summed E-state index contributed by atoms with van der Waals surface area (Å²) in [6.07, 6.45) is 4.75. The number of nitrogens with zero attached hydrogens (tertiary/aromatic N) is 2. The predicted octanol–water partition coefficient (Wildman–Crippen LogP) is 3.25. The van der Waals surface area contributed by atoms with E-state index in [2.05, 4.69) is 58.6 Å². The Morgan fingerprint density at radius 1 is 0.963 bits per heavy atom. The lowest BCUT2D eigenvalue weighted by Crippen LogP contribution is -2.45. The van der Waals surface area contributed by atoms with Crippen molar-refractivity contribution in [3.63, 3.8) is 0 Å². The lowest BCUT2D eigenvalue weighted by Gasteiger charge is -2.35. The van der Waals surface area contributed by atoms with Gasteiger partial charge in [-0.25, -0.2) is 0 Å². The normalized spacial score (nSPS) is 17.4. The second-order valence-electron chi connectivity index (χ2n) is 7.79. The number of aryl methyl sites for hydroxylation is 2. The molecule has 0 unspecified atom stereocenters. The van der Waals surface area contributed by atoms with Crippen molar-refractivity contribution in [2.75, 3.05) is 38.1 Å². The van der Waals surface area contributed by atoms with Gasteiger partial charge in [0.05, 0.1) is 0 Å². The van der Waals surface area contributed by atoms with Crippen molar-refractivity contribution < 1.29 is 4.79 Å². The molecule has 0 saturated carbocycles. The molecule has 142 valence electrons. The molecule has 2 aromatic rings. The third-order valence-corrected chi connectivity index (χ3v) is 5.89. The highest BCUT2D eigenvalue weighted by Gasteiger charge is 2.17. The van der Waals surface area contributed by atoms with Crippen molar-refractivity contribution >= 4 is 11.6 Å². The van der Waals surface area contributed by atoms with Crippen LogP contribution < -0.4 is 10.2 Å². The van der Waals surface area contributed by atoms with E-state index in [1.54, 1.807) is 0 Å². The highest BCUT2D eigenvalue weighted by molar-refractivity contribution is 5.94. The number of benzene rings is 2. The van der Waals surface area contributed by atoms with E-state index < -0.39 is 0 Å². The van der Waals surface area contributed by atoms with Crippen LogP contribution in [0, 0.1) is 0 Å². The molecular formula is C23H29N3O. The average molecular weight is 364 g/mol. The Hall–Kier alpha value is -2.33. The van der Waals surface area contributed by atoms with Crippen molar-refractivity contribution in [2.45, 2.75) is 32.2 Å². The number of carbonyl (C=O) groups is 1. The van der Waals surface area contributed by atoms with E-state index in [0.29, 0.717) is 6.54 Å². The average Bonchev–Trinajstić information content (AvgIpc) is 2.72. The fourth-order valence-electron chi connectivity index (χ4n) is 4.17. The van der Waals surface area contributed by atoms with Gasteiger partial charge in [-0.1, -0.05) is 24.3 Å². The van der Waals surface area contributed by atoms with E-state index in [9.17, 15) is 4.79 Å². The molecule has 1 N–H and O–H groups in total. The summed E-state index contributed by atoms with van der Waals surface area (Å²) < 4.78 is 0. The maximum Gasteiger partial charge on any atom is 0.251 e. The first-order valence-electron chi connectivity index (χ1n) is 10.1. The van der Waals surface area contributed by atoms with Gasteiger partial charge in [0, 0.05) is 44.0 Å². The minimum Gasteiger partial charge on any atom is -0.369 e. The van der Waals surface area contributed by atoms with Gasteiger partial charge in [0.1, 0.15) is 0 Å². The summed E-state index contributed by atoms with van der Waals surface area (Å²) in [5, 5.41) is 3.13. The van der Waals surface area contributed by atoms with Gasteiger partial charge in [-0.3, -0.25) is 4.79 Å². The molecule has 1 fully saturated rings. The maximum atomic E-state index is 12.7. The van der Waals surface area contributed by atoms with Crippen LogP contribution in [0.25, 0.3) is 0 Å². The molecule has 4 nitrogen and oxygen atoms in total. The molecule has 1 saturated heterocycles. The molecule has 0 bridgehead atoms. The molecular weight excluding hydrogens is 334 g/mol. The molecule has 2 aliphatic rings. The van der Waals surface area contributed by atoms with E-state index in [4.69, 9.17) is 0 Å².